The molecule has 3 N–H and O–H groups in total. The Morgan fingerprint density at radius 3 is 2.68 bits per heavy atom. The van der Waals surface area contributed by atoms with Crippen molar-refractivity contribution in [2.75, 3.05) is 30.4 Å². The Kier molecular flexibility index (Phi) is 5.54. The minimum absolute atomic E-state index is 0.0734. The molecule has 0 fully saturated rings. The van der Waals surface area contributed by atoms with E-state index in [1.54, 1.807) is 6.33 Å². The van der Waals surface area contributed by atoms with Gasteiger partial charge >= 0.3 is 0 Å². The summed E-state index contributed by atoms with van der Waals surface area (Å²) in [6.45, 7) is 10.1. The van der Waals surface area contributed by atoms with Crippen molar-refractivity contribution >= 4 is 11.6 Å². The van der Waals surface area contributed by atoms with Crippen molar-refractivity contribution in [1.82, 2.24) is 9.97 Å². The maximum absolute atomic E-state index is 5.77. The third-order valence-corrected chi connectivity index (χ3v) is 3.27. The molecule has 0 aliphatic heterocycles. The van der Waals surface area contributed by atoms with Crippen LogP contribution in [0.15, 0.2) is 12.4 Å². The first-order valence-electron chi connectivity index (χ1n) is 6.87. The van der Waals surface area contributed by atoms with Crippen LogP contribution in [0.2, 0.25) is 0 Å². The molecular weight excluding hydrogens is 238 g/mol. The predicted octanol–water partition coefficient (Wildman–Crippen LogP) is 2.11. The van der Waals surface area contributed by atoms with E-state index in [0.29, 0.717) is 12.6 Å². The molecular formula is C14H27N5. The van der Waals surface area contributed by atoms with Crippen LogP contribution in [0.3, 0.4) is 0 Å². The van der Waals surface area contributed by atoms with E-state index in [9.17, 15) is 0 Å². The number of rotatable bonds is 7. The van der Waals surface area contributed by atoms with Crippen LogP contribution in [0.4, 0.5) is 11.6 Å². The second-order valence-corrected chi connectivity index (χ2v) is 5.94. The fourth-order valence-corrected chi connectivity index (χ4v) is 1.78. The van der Waals surface area contributed by atoms with Crippen LogP contribution < -0.4 is 16.0 Å². The molecule has 1 rings (SSSR count). The van der Waals surface area contributed by atoms with Gasteiger partial charge in [-0.2, -0.15) is 0 Å². The summed E-state index contributed by atoms with van der Waals surface area (Å²) < 4.78 is 0. The van der Waals surface area contributed by atoms with E-state index in [1.807, 2.05) is 13.1 Å². The zero-order chi connectivity index (χ0) is 14.5. The highest BCUT2D eigenvalue weighted by Gasteiger charge is 2.19. The SMILES string of the molecule is CCC(C)Nc1cc(N(C)CC(C)(C)CN)ncn1. The van der Waals surface area contributed by atoms with Gasteiger partial charge in [0.05, 0.1) is 0 Å². The molecule has 0 radical (unpaired) electrons. The van der Waals surface area contributed by atoms with Crippen LogP contribution in [0.1, 0.15) is 34.1 Å². The Hall–Kier alpha value is -1.36. The molecule has 0 aromatic carbocycles. The summed E-state index contributed by atoms with van der Waals surface area (Å²) in [5, 5.41) is 3.36. The number of aromatic nitrogens is 2. The maximum atomic E-state index is 5.77. The Labute approximate surface area is 116 Å². The van der Waals surface area contributed by atoms with Crippen molar-refractivity contribution in [3.8, 4) is 0 Å². The molecule has 0 saturated heterocycles. The molecule has 0 amide bonds. The van der Waals surface area contributed by atoms with Crippen molar-refractivity contribution in [2.45, 2.75) is 40.2 Å². The van der Waals surface area contributed by atoms with Crippen LogP contribution in [-0.4, -0.2) is 36.1 Å². The van der Waals surface area contributed by atoms with Crippen molar-refractivity contribution in [3.05, 3.63) is 12.4 Å². The zero-order valence-electron chi connectivity index (χ0n) is 12.8. The Balaban J connectivity index is 2.75. The molecule has 0 aliphatic carbocycles. The summed E-state index contributed by atoms with van der Waals surface area (Å²) in [5.41, 5.74) is 5.85. The Morgan fingerprint density at radius 1 is 1.42 bits per heavy atom. The monoisotopic (exact) mass is 265 g/mol. The lowest BCUT2D eigenvalue weighted by molar-refractivity contribution is 0.384. The highest BCUT2D eigenvalue weighted by molar-refractivity contribution is 5.48. The van der Waals surface area contributed by atoms with Crippen molar-refractivity contribution < 1.29 is 0 Å². The highest BCUT2D eigenvalue weighted by atomic mass is 15.2. The van der Waals surface area contributed by atoms with Gasteiger partial charge in [0.2, 0.25) is 0 Å². The van der Waals surface area contributed by atoms with Crippen molar-refractivity contribution in [1.29, 1.82) is 0 Å². The minimum Gasteiger partial charge on any atom is -0.367 e. The number of hydrogen-bond donors (Lipinski definition) is 2. The highest BCUT2D eigenvalue weighted by Crippen LogP contribution is 2.19. The van der Waals surface area contributed by atoms with E-state index in [1.165, 1.54) is 0 Å². The number of hydrogen-bond acceptors (Lipinski definition) is 5. The van der Waals surface area contributed by atoms with E-state index >= 15 is 0 Å². The Bertz CT molecular complexity index is 391. The second kappa shape index (κ2) is 6.70. The van der Waals surface area contributed by atoms with Crippen LogP contribution in [0.25, 0.3) is 0 Å². The largest absolute Gasteiger partial charge is 0.367 e. The fraction of sp³-hybridized carbons (Fsp3) is 0.714. The minimum atomic E-state index is 0.0734. The van der Waals surface area contributed by atoms with E-state index in [-0.39, 0.29) is 5.41 Å². The van der Waals surface area contributed by atoms with Gasteiger partial charge in [-0.25, -0.2) is 9.97 Å². The van der Waals surface area contributed by atoms with Crippen molar-refractivity contribution in [2.24, 2.45) is 11.1 Å². The third kappa shape index (κ3) is 5.03. The van der Waals surface area contributed by atoms with Gasteiger partial charge in [0.15, 0.2) is 0 Å². The predicted molar refractivity (Wildman–Crippen MR) is 81.5 cm³/mol. The average molecular weight is 265 g/mol. The first kappa shape index (κ1) is 15.7. The molecule has 1 atom stereocenters. The van der Waals surface area contributed by atoms with Gasteiger partial charge in [0.1, 0.15) is 18.0 Å². The van der Waals surface area contributed by atoms with Crippen LogP contribution >= 0.6 is 0 Å². The number of nitrogens with two attached hydrogens (primary N) is 1. The van der Waals surface area contributed by atoms with E-state index in [4.69, 9.17) is 5.73 Å². The molecule has 1 unspecified atom stereocenters. The van der Waals surface area contributed by atoms with Crippen LogP contribution in [0.5, 0.6) is 0 Å². The lowest BCUT2D eigenvalue weighted by atomic mass is 9.93. The van der Waals surface area contributed by atoms with Gasteiger partial charge in [-0.3, -0.25) is 0 Å². The summed E-state index contributed by atoms with van der Waals surface area (Å²) >= 11 is 0. The molecule has 108 valence electrons. The molecule has 0 aliphatic rings. The molecule has 1 aromatic rings. The van der Waals surface area contributed by atoms with E-state index in [2.05, 4.69) is 47.9 Å². The molecule has 5 nitrogen and oxygen atoms in total. The molecule has 0 spiro atoms. The quantitative estimate of drug-likeness (QED) is 0.790. The van der Waals surface area contributed by atoms with Gasteiger partial charge in [-0.05, 0) is 25.3 Å². The van der Waals surface area contributed by atoms with Gasteiger partial charge in [0, 0.05) is 25.7 Å². The number of nitrogens with zero attached hydrogens (tertiary/aromatic N) is 3. The van der Waals surface area contributed by atoms with Crippen LogP contribution in [0, 0.1) is 5.41 Å². The third-order valence-electron chi connectivity index (χ3n) is 3.27. The zero-order valence-corrected chi connectivity index (χ0v) is 12.8. The molecule has 1 aromatic heterocycles. The summed E-state index contributed by atoms with van der Waals surface area (Å²) in [4.78, 5) is 10.7. The topological polar surface area (TPSA) is 67.1 Å². The normalized spacial score (nSPS) is 13.2. The number of anilines is 2. The lowest BCUT2D eigenvalue weighted by Gasteiger charge is -2.29. The first-order valence-corrected chi connectivity index (χ1v) is 6.87. The standard InChI is InChI=1S/C14H27N5/c1-6-11(2)18-12-7-13(17-10-16-12)19(5)9-14(3,4)8-15/h7,10-11H,6,8-9,15H2,1-5H3,(H,16,17,18). The van der Waals surface area contributed by atoms with Gasteiger partial charge in [0.25, 0.3) is 0 Å². The summed E-state index contributed by atoms with van der Waals surface area (Å²) in [6, 6.07) is 2.40. The summed E-state index contributed by atoms with van der Waals surface area (Å²) in [5.74, 6) is 1.79. The summed E-state index contributed by atoms with van der Waals surface area (Å²) in [7, 11) is 2.03. The molecule has 1 heterocycles. The Morgan fingerprint density at radius 2 is 2.11 bits per heavy atom. The smallest absolute Gasteiger partial charge is 0.133 e. The van der Waals surface area contributed by atoms with E-state index in [0.717, 1.165) is 24.6 Å². The second-order valence-electron chi connectivity index (χ2n) is 5.94. The van der Waals surface area contributed by atoms with Gasteiger partial charge < -0.3 is 16.0 Å². The van der Waals surface area contributed by atoms with Gasteiger partial charge in [-0.15, -0.1) is 0 Å². The van der Waals surface area contributed by atoms with Gasteiger partial charge in [-0.1, -0.05) is 20.8 Å². The lowest BCUT2D eigenvalue weighted by Crippen LogP contribution is -2.37. The van der Waals surface area contributed by atoms with Crippen LogP contribution in [-0.2, 0) is 0 Å². The molecule has 5 heteroatoms. The number of nitrogens with one attached hydrogen (secondary N) is 1. The summed E-state index contributed by atoms with van der Waals surface area (Å²) in [6.07, 6.45) is 2.67. The van der Waals surface area contributed by atoms with Crippen molar-refractivity contribution in [3.63, 3.8) is 0 Å². The maximum Gasteiger partial charge on any atom is 0.133 e. The molecule has 19 heavy (non-hydrogen) atoms. The molecule has 0 bridgehead atoms. The first-order chi connectivity index (χ1) is 8.88. The van der Waals surface area contributed by atoms with E-state index < -0.39 is 0 Å². The molecule has 0 saturated carbocycles. The average Bonchev–Trinajstić information content (AvgIpc) is 2.38. The fourth-order valence-electron chi connectivity index (χ4n) is 1.78.